The van der Waals surface area contributed by atoms with Gasteiger partial charge in [0.1, 0.15) is 11.3 Å². The van der Waals surface area contributed by atoms with Gasteiger partial charge in [-0.05, 0) is 48.2 Å². The van der Waals surface area contributed by atoms with Crippen molar-refractivity contribution in [3.05, 3.63) is 83.7 Å². The van der Waals surface area contributed by atoms with Crippen molar-refractivity contribution >= 4 is 32.6 Å². The molecule has 1 amide bonds. The first kappa shape index (κ1) is 22.0. The van der Waals surface area contributed by atoms with Crippen LogP contribution in [0.2, 0.25) is 0 Å². The zero-order valence-electron chi connectivity index (χ0n) is 18.6. The number of rotatable bonds is 8. The normalized spacial score (nSPS) is 11.1. The average molecular weight is 446 g/mol. The van der Waals surface area contributed by atoms with Crippen LogP contribution in [0.15, 0.2) is 66.9 Å². The number of benzene rings is 2. The van der Waals surface area contributed by atoms with Crippen LogP contribution in [0.5, 0.6) is 5.75 Å². The molecule has 4 rings (SSSR count). The van der Waals surface area contributed by atoms with Crippen molar-refractivity contribution in [2.24, 2.45) is 0 Å². The molecule has 0 spiro atoms. The summed E-state index contributed by atoms with van der Waals surface area (Å²) in [7, 11) is 0. The smallest absolute Gasteiger partial charge is 0.233 e. The molecule has 0 atom stereocenters. The number of anilines is 1. The van der Waals surface area contributed by atoms with Crippen LogP contribution in [0.4, 0.5) is 5.13 Å². The number of para-hydroxylation sites is 1. The van der Waals surface area contributed by atoms with Crippen LogP contribution in [0.1, 0.15) is 43.5 Å². The molecule has 0 N–H and O–H groups in total. The monoisotopic (exact) mass is 445 g/mol. The Labute approximate surface area is 192 Å². The third kappa shape index (κ3) is 4.97. The summed E-state index contributed by atoms with van der Waals surface area (Å²) in [5.41, 5.74) is 3.86. The molecular weight excluding hydrogens is 418 g/mol. The first-order chi connectivity index (χ1) is 15.5. The van der Waals surface area contributed by atoms with Crippen molar-refractivity contribution < 1.29 is 9.53 Å². The van der Waals surface area contributed by atoms with Crippen LogP contribution >= 0.6 is 11.3 Å². The lowest BCUT2D eigenvalue weighted by Gasteiger charge is -2.20. The van der Waals surface area contributed by atoms with Gasteiger partial charge in [-0.1, -0.05) is 61.6 Å². The van der Waals surface area contributed by atoms with Gasteiger partial charge in [0, 0.05) is 6.20 Å². The Morgan fingerprint density at radius 2 is 1.88 bits per heavy atom. The summed E-state index contributed by atoms with van der Waals surface area (Å²) in [6.07, 6.45) is 2.05. The standard InChI is InChI=1S/C26H27N3O2S/c1-4-31-22-9-7-10-23-25(22)28-26(32-23)29(17-21-8-5-6-15-27-21)24(30)16-19-11-13-20(14-12-19)18(2)3/h5-15,18H,4,16-17H2,1-3H3. The van der Waals surface area contributed by atoms with E-state index in [0.717, 1.165) is 27.2 Å². The second-order valence-corrected chi connectivity index (χ2v) is 8.92. The average Bonchev–Trinajstić information content (AvgIpc) is 3.23. The number of thiazole rings is 1. The Balaban J connectivity index is 1.66. The van der Waals surface area contributed by atoms with Crippen molar-refractivity contribution in [2.75, 3.05) is 11.5 Å². The number of aromatic nitrogens is 2. The fourth-order valence-corrected chi connectivity index (χ4v) is 4.51. The van der Waals surface area contributed by atoms with Crippen LogP contribution < -0.4 is 9.64 Å². The molecule has 0 saturated carbocycles. The second kappa shape index (κ2) is 9.92. The molecule has 0 saturated heterocycles. The second-order valence-electron chi connectivity index (χ2n) is 7.91. The Bertz CT molecular complexity index is 1190. The summed E-state index contributed by atoms with van der Waals surface area (Å²) in [4.78, 5) is 24.4. The number of ether oxygens (including phenoxy) is 1. The third-order valence-electron chi connectivity index (χ3n) is 5.25. The lowest BCUT2D eigenvalue weighted by Crippen LogP contribution is -2.32. The Morgan fingerprint density at radius 3 is 2.56 bits per heavy atom. The molecule has 0 radical (unpaired) electrons. The first-order valence-corrected chi connectivity index (χ1v) is 11.7. The molecular formula is C26H27N3O2S. The minimum atomic E-state index is -0.00929. The molecule has 0 bridgehead atoms. The highest BCUT2D eigenvalue weighted by Crippen LogP contribution is 2.35. The van der Waals surface area contributed by atoms with Gasteiger partial charge in [0.25, 0.3) is 0 Å². The minimum Gasteiger partial charge on any atom is -0.492 e. The Kier molecular flexibility index (Phi) is 6.81. The van der Waals surface area contributed by atoms with E-state index in [1.54, 1.807) is 11.1 Å². The number of nitrogens with zero attached hydrogens (tertiary/aromatic N) is 3. The molecule has 2 aromatic heterocycles. The van der Waals surface area contributed by atoms with E-state index in [0.29, 0.717) is 30.6 Å². The maximum atomic E-state index is 13.5. The number of carbonyl (C=O) groups excluding carboxylic acids is 1. The SMILES string of the molecule is CCOc1cccc2sc(N(Cc3ccccn3)C(=O)Cc3ccc(C(C)C)cc3)nc12. The van der Waals surface area contributed by atoms with Gasteiger partial charge in [-0.25, -0.2) is 4.98 Å². The van der Waals surface area contributed by atoms with E-state index in [1.807, 2.05) is 55.5 Å². The highest BCUT2D eigenvalue weighted by Gasteiger charge is 2.22. The summed E-state index contributed by atoms with van der Waals surface area (Å²) in [5.74, 6) is 1.19. The van der Waals surface area contributed by atoms with Crippen LogP contribution in [0, 0.1) is 0 Å². The fourth-order valence-electron chi connectivity index (χ4n) is 3.51. The van der Waals surface area contributed by atoms with Crippen LogP contribution in [-0.2, 0) is 17.8 Å². The highest BCUT2D eigenvalue weighted by atomic mass is 32.1. The topological polar surface area (TPSA) is 55.3 Å². The van der Waals surface area contributed by atoms with E-state index >= 15 is 0 Å². The molecule has 0 aliphatic heterocycles. The molecule has 5 nitrogen and oxygen atoms in total. The summed E-state index contributed by atoms with van der Waals surface area (Å²) >= 11 is 1.50. The van der Waals surface area contributed by atoms with Gasteiger partial charge in [0.2, 0.25) is 5.91 Å². The minimum absolute atomic E-state index is 0.00929. The maximum Gasteiger partial charge on any atom is 0.233 e. The van der Waals surface area contributed by atoms with Crippen LogP contribution in [0.3, 0.4) is 0 Å². The molecule has 0 unspecified atom stereocenters. The number of carbonyl (C=O) groups is 1. The summed E-state index contributed by atoms with van der Waals surface area (Å²) in [6.45, 7) is 7.22. The third-order valence-corrected chi connectivity index (χ3v) is 6.29. The van der Waals surface area contributed by atoms with E-state index < -0.39 is 0 Å². The van der Waals surface area contributed by atoms with Gasteiger partial charge < -0.3 is 4.74 Å². The van der Waals surface area contributed by atoms with E-state index in [9.17, 15) is 4.79 Å². The summed E-state index contributed by atoms with van der Waals surface area (Å²) in [5, 5.41) is 0.654. The van der Waals surface area contributed by atoms with Gasteiger partial charge in [0.15, 0.2) is 5.13 Å². The number of hydrogen-bond donors (Lipinski definition) is 0. The summed E-state index contributed by atoms with van der Waals surface area (Å²) in [6, 6.07) is 19.9. The summed E-state index contributed by atoms with van der Waals surface area (Å²) < 4.78 is 6.74. The predicted octanol–water partition coefficient (Wildman–Crippen LogP) is 5.99. The first-order valence-electron chi connectivity index (χ1n) is 10.9. The lowest BCUT2D eigenvalue weighted by molar-refractivity contribution is -0.118. The molecule has 6 heteroatoms. The molecule has 2 aromatic carbocycles. The fraction of sp³-hybridized carbons (Fsp3) is 0.269. The van der Waals surface area contributed by atoms with Gasteiger partial charge in [-0.15, -0.1) is 0 Å². The van der Waals surface area contributed by atoms with Crippen LogP contribution in [0.25, 0.3) is 10.2 Å². The van der Waals surface area contributed by atoms with Crippen molar-refractivity contribution in [3.63, 3.8) is 0 Å². The van der Waals surface area contributed by atoms with E-state index in [-0.39, 0.29) is 5.91 Å². The van der Waals surface area contributed by atoms with Gasteiger partial charge in [0.05, 0.1) is 30.0 Å². The van der Waals surface area contributed by atoms with Crippen LogP contribution in [-0.4, -0.2) is 22.5 Å². The maximum absolute atomic E-state index is 13.5. The van der Waals surface area contributed by atoms with Gasteiger partial charge in [-0.3, -0.25) is 14.7 Å². The lowest BCUT2D eigenvalue weighted by atomic mass is 10.0. The molecule has 0 aliphatic rings. The molecule has 0 aliphatic carbocycles. The van der Waals surface area contributed by atoms with Gasteiger partial charge >= 0.3 is 0 Å². The van der Waals surface area contributed by atoms with Crippen molar-refractivity contribution in [1.82, 2.24) is 9.97 Å². The molecule has 4 aromatic rings. The Hall–Kier alpha value is -3.25. The zero-order chi connectivity index (χ0) is 22.5. The molecule has 0 fully saturated rings. The Morgan fingerprint density at radius 1 is 1.06 bits per heavy atom. The number of fused-ring (bicyclic) bond motifs is 1. The quantitative estimate of drug-likeness (QED) is 0.334. The number of amides is 1. The van der Waals surface area contributed by atoms with E-state index in [1.165, 1.54) is 16.9 Å². The largest absolute Gasteiger partial charge is 0.492 e. The molecule has 2 heterocycles. The van der Waals surface area contributed by atoms with Gasteiger partial charge in [-0.2, -0.15) is 0 Å². The number of hydrogen-bond acceptors (Lipinski definition) is 5. The zero-order valence-corrected chi connectivity index (χ0v) is 19.4. The highest BCUT2D eigenvalue weighted by molar-refractivity contribution is 7.22. The predicted molar refractivity (Wildman–Crippen MR) is 130 cm³/mol. The van der Waals surface area contributed by atoms with E-state index in [2.05, 4.69) is 31.0 Å². The van der Waals surface area contributed by atoms with Crippen molar-refractivity contribution in [3.8, 4) is 5.75 Å². The number of pyridine rings is 1. The molecule has 164 valence electrons. The van der Waals surface area contributed by atoms with Crippen molar-refractivity contribution in [2.45, 2.75) is 39.7 Å². The molecule has 32 heavy (non-hydrogen) atoms. The van der Waals surface area contributed by atoms with E-state index in [4.69, 9.17) is 9.72 Å². The van der Waals surface area contributed by atoms with Crippen molar-refractivity contribution in [1.29, 1.82) is 0 Å².